The molecule has 2 saturated heterocycles. The molecule has 1 unspecified atom stereocenters. The van der Waals surface area contributed by atoms with Crippen LogP contribution in [0.4, 0.5) is 13.2 Å². The molecule has 2 aliphatic heterocycles. The normalized spacial score (nSPS) is 23.2. The fraction of sp³-hybridized carbons (Fsp3) is 0.737. The van der Waals surface area contributed by atoms with Crippen LogP contribution >= 0.6 is 24.8 Å². The van der Waals surface area contributed by atoms with Crippen LogP contribution in [-0.4, -0.2) is 47.0 Å². The maximum absolute atomic E-state index is 13.4. The van der Waals surface area contributed by atoms with Crippen LogP contribution in [0.1, 0.15) is 48.5 Å². The average molecular weight is 455 g/mol. The summed E-state index contributed by atoms with van der Waals surface area (Å²) in [4.78, 5) is 22.7. The Balaban J connectivity index is 0.00000150. The van der Waals surface area contributed by atoms with Crippen molar-refractivity contribution in [2.24, 2.45) is 11.3 Å². The molecule has 1 atom stereocenters. The third kappa shape index (κ3) is 4.80. The molecule has 1 spiro atoms. The number of carbonyl (C=O) groups excluding carboxylic acids is 1. The number of rotatable bonds is 1. The number of hydrogen-bond acceptors (Lipinski definition) is 4. The lowest BCUT2D eigenvalue weighted by Gasteiger charge is -2.40. The summed E-state index contributed by atoms with van der Waals surface area (Å²) < 4.78 is 40.2. The predicted molar refractivity (Wildman–Crippen MR) is 108 cm³/mol. The van der Waals surface area contributed by atoms with Crippen molar-refractivity contribution in [3.63, 3.8) is 0 Å². The van der Waals surface area contributed by atoms with Gasteiger partial charge in [0.2, 0.25) is 5.91 Å². The number of aromatic nitrogens is 2. The molecule has 2 fully saturated rings. The Bertz CT molecular complexity index is 744. The molecule has 3 heterocycles. The first kappa shape index (κ1) is 24.2. The topological polar surface area (TPSA) is 58.1 Å². The minimum atomic E-state index is -4.52. The molecule has 10 heteroatoms. The summed E-state index contributed by atoms with van der Waals surface area (Å²) in [5.41, 5.74) is 0.0157. The van der Waals surface area contributed by atoms with Crippen molar-refractivity contribution in [3.05, 3.63) is 22.8 Å². The summed E-state index contributed by atoms with van der Waals surface area (Å²) in [6.07, 6.45) is -0.362. The van der Waals surface area contributed by atoms with Crippen molar-refractivity contribution < 1.29 is 18.0 Å². The number of carbonyl (C=O) groups is 1. The van der Waals surface area contributed by atoms with E-state index in [1.54, 1.807) is 0 Å². The molecule has 1 aromatic heterocycles. The first-order valence-electron chi connectivity index (χ1n) is 9.71. The van der Waals surface area contributed by atoms with E-state index in [0.29, 0.717) is 37.0 Å². The average Bonchev–Trinajstić information content (AvgIpc) is 3.08. The van der Waals surface area contributed by atoms with Crippen LogP contribution in [0.2, 0.25) is 0 Å². The van der Waals surface area contributed by atoms with Gasteiger partial charge in [-0.05, 0) is 57.4 Å². The van der Waals surface area contributed by atoms with E-state index >= 15 is 0 Å². The van der Waals surface area contributed by atoms with Gasteiger partial charge in [0.15, 0.2) is 5.69 Å². The van der Waals surface area contributed by atoms with Gasteiger partial charge in [-0.15, -0.1) is 24.8 Å². The second-order valence-electron chi connectivity index (χ2n) is 8.23. The summed E-state index contributed by atoms with van der Waals surface area (Å²) in [6.45, 7) is 4.94. The third-order valence-electron chi connectivity index (χ3n) is 6.47. The van der Waals surface area contributed by atoms with E-state index in [-0.39, 0.29) is 48.5 Å². The maximum Gasteiger partial charge on any atom is 0.433 e. The largest absolute Gasteiger partial charge is 0.433 e. The molecule has 4 rings (SSSR count). The van der Waals surface area contributed by atoms with Gasteiger partial charge in [-0.2, -0.15) is 13.2 Å². The van der Waals surface area contributed by atoms with Gasteiger partial charge in [-0.25, -0.2) is 9.97 Å². The van der Waals surface area contributed by atoms with E-state index in [1.165, 1.54) is 6.92 Å². The summed E-state index contributed by atoms with van der Waals surface area (Å²) in [5.74, 6) is -0.270. The Kier molecular flexibility index (Phi) is 7.44. The highest BCUT2D eigenvalue weighted by Gasteiger charge is 2.42. The molecular weight excluding hydrogens is 428 g/mol. The second-order valence-corrected chi connectivity index (χ2v) is 8.23. The highest BCUT2D eigenvalue weighted by molar-refractivity contribution is 5.85. The standard InChI is InChI=1S/C19H25F3N4O.2ClH/c1-12-24-15-3-2-13(10-14(15)16(25-12)19(20,21)22)17(27)26-8-5-18(6-9-26)4-7-23-11-18;;/h13,23H,2-11H2,1H3;2*1H. The lowest BCUT2D eigenvalue weighted by atomic mass is 9.77. The van der Waals surface area contributed by atoms with Crippen LogP contribution < -0.4 is 5.32 Å². The SMILES string of the molecule is Cc1nc2c(c(C(F)(F)F)n1)CC(C(=O)N1CCC3(CCNC3)CC1)CC2.Cl.Cl. The Hall–Kier alpha value is -1.12. The van der Waals surface area contributed by atoms with Gasteiger partial charge in [0.1, 0.15) is 5.82 Å². The number of piperidine rings is 1. The number of likely N-dealkylation sites (tertiary alicyclic amines) is 1. The van der Waals surface area contributed by atoms with Crippen molar-refractivity contribution in [1.29, 1.82) is 0 Å². The summed E-state index contributed by atoms with van der Waals surface area (Å²) in [6, 6.07) is 0. The van der Waals surface area contributed by atoms with Crippen LogP contribution in [-0.2, 0) is 23.8 Å². The predicted octanol–water partition coefficient (Wildman–Crippen LogP) is 3.35. The van der Waals surface area contributed by atoms with E-state index < -0.39 is 17.8 Å². The number of aryl methyl sites for hydroxylation is 2. The quantitative estimate of drug-likeness (QED) is 0.706. The molecule has 0 radical (unpaired) electrons. The van der Waals surface area contributed by atoms with E-state index in [0.717, 1.165) is 32.4 Å². The van der Waals surface area contributed by atoms with E-state index in [1.807, 2.05) is 4.90 Å². The minimum Gasteiger partial charge on any atom is -0.342 e. The van der Waals surface area contributed by atoms with Crippen LogP contribution in [0.5, 0.6) is 0 Å². The third-order valence-corrected chi connectivity index (χ3v) is 6.47. The molecule has 1 aliphatic carbocycles. The van der Waals surface area contributed by atoms with Crippen LogP contribution in [0, 0.1) is 18.3 Å². The fourth-order valence-electron chi connectivity index (χ4n) is 4.86. The highest BCUT2D eigenvalue weighted by atomic mass is 35.5. The van der Waals surface area contributed by atoms with E-state index in [9.17, 15) is 18.0 Å². The molecule has 1 N–H and O–H groups in total. The summed E-state index contributed by atoms with van der Waals surface area (Å²) in [7, 11) is 0. The van der Waals surface area contributed by atoms with Crippen molar-refractivity contribution in [2.75, 3.05) is 26.2 Å². The first-order valence-corrected chi connectivity index (χ1v) is 9.71. The van der Waals surface area contributed by atoms with Gasteiger partial charge in [0, 0.05) is 36.8 Å². The van der Waals surface area contributed by atoms with Gasteiger partial charge >= 0.3 is 6.18 Å². The Labute approximate surface area is 181 Å². The second kappa shape index (κ2) is 8.94. The number of amides is 1. The first-order chi connectivity index (χ1) is 12.8. The molecule has 5 nitrogen and oxygen atoms in total. The Morgan fingerprint density at radius 2 is 1.86 bits per heavy atom. The highest BCUT2D eigenvalue weighted by Crippen LogP contribution is 2.39. The molecule has 0 aromatic carbocycles. The van der Waals surface area contributed by atoms with Crippen LogP contribution in [0.3, 0.4) is 0 Å². The smallest absolute Gasteiger partial charge is 0.342 e. The van der Waals surface area contributed by atoms with E-state index in [2.05, 4.69) is 15.3 Å². The fourth-order valence-corrected chi connectivity index (χ4v) is 4.86. The number of fused-ring (bicyclic) bond motifs is 1. The van der Waals surface area contributed by atoms with Crippen molar-refractivity contribution in [2.45, 2.75) is 51.6 Å². The van der Waals surface area contributed by atoms with Crippen molar-refractivity contribution >= 4 is 30.7 Å². The zero-order valence-corrected chi connectivity index (χ0v) is 18.0. The molecule has 1 aromatic rings. The molecule has 0 bridgehead atoms. The number of halogens is 5. The molecular formula is C19H27Cl2F3N4O. The lowest BCUT2D eigenvalue weighted by Crippen LogP contribution is -2.47. The lowest BCUT2D eigenvalue weighted by molar-refractivity contribution is -0.143. The van der Waals surface area contributed by atoms with Crippen molar-refractivity contribution in [1.82, 2.24) is 20.2 Å². The molecule has 29 heavy (non-hydrogen) atoms. The zero-order chi connectivity index (χ0) is 19.2. The Morgan fingerprint density at radius 3 is 2.45 bits per heavy atom. The molecule has 1 amide bonds. The number of hydrogen-bond donors (Lipinski definition) is 1. The summed E-state index contributed by atoms with van der Waals surface area (Å²) >= 11 is 0. The van der Waals surface area contributed by atoms with Gasteiger partial charge in [0.25, 0.3) is 0 Å². The Morgan fingerprint density at radius 1 is 1.17 bits per heavy atom. The number of alkyl halides is 3. The van der Waals surface area contributed by atoms with Gasteiger partial charge in [0.05, 0.1) is 0 Å². The van der Waals surface area contributed by atoms with Gasteiger partial charge in [-0.3, -0.25) is 4.79 Å². The van der Waals surface area contributed by atoms with E-state index in [4.69, 9.17) is 0 Å². The van der Waals surface area contributed by atoms with Gasteiger partial charge in [-0.1, -0.05) is 0 Å². The minimum absolute atomic E-state index is 0. The number of nitrogens with zero attached hydrogens (tertiary/aromatic N) is 3. The van der Waals surface area contributed by atoms with Gasteiger partial charge < -0.3 is 10.2 Å². The van der Waals surface area contributed by atoms with Crippen LogP contribution in [0.15, 0.2) is 0 Å². The monoisotopic (exact) mass is 454 g/mol. The summed E-state index contributed by atoms with van der Waals surface area (Å²) in [5, 5.41) is 3.40. The maximum atomic E-state index is 13.4. The zero-order valence-electron chi connectivity index (χ0n) is 16.3. The number of nitrogens with one attached hydrogen (secondary N) is 1. The molecule has 164 valence electrons. The molecule has 3 aliphatic rings. The molecule has 0 saturated carbocycles. The van der Waals surface area contributed by atoms with Crippen molar-refractivity contribution in [3.8, 4) is 0 Å². The van der Waals surface area contributed by atoms with Crippen LogP contribution in [0.25, 0.3) is 0 Å².